The molecule has 0 spiro atoms. The molecule has 1 aliphatic rings. The zero-order chi connectivity index (χ0) is 25.8. The Hall–Kier alpha value is -2.36. The molecule has 3 N–H and O–H groups in total. The van der Waals surface area contributed by atoms with Crippen molar-refractivity contribution in [3.63, 3.8) is 0 Å². The van der Waals surface area contributed by atoms with Crippen molar-refractivity contribution in [2.75, 3.05) is 12.3 Å². The van der Waals surface area contributed by atoms with Crippen LogP contribution in [-0.2, 0) is 33.2 Å². The fraction of sp³-hybridized carbons (Fsp3) is 0.500. The van der Waals surface area contributed by atoms with Crippen LogP contribution in [0.1, 0.15) is 55.5 Å². The van der Waals surface area contributed by atoms with E-state index >= 15 is 0 Å². The van der Waals surface area contributed by atoms with Gasteiger partial charge in [-0.3, -0.25) is 4.79 Å². The molecule has 0 bridgehead atoms. The maximum atomic E-state index is 13.7. The minimum Gasteiger partial charge on any atom is -0.390 e. The van der Waals surface area contributed by atoms with Crippen LogP contribution in [0.2, 0.25) is 0 Å². The number of nitrogens with one attached hydrogen (secondary N) is 2. The van der Waals surface area contributed by atoms with Crippen molar-refractivity contribution in [2.24, 2.45) is 5.92 Å². The number of aliphatic hydroxyl groups is 1. The highest BCUT2D eigenvalue weighted by Crippen LogP contribution is 2.29. The number of carbonyl (C=O) groups excluding carboxylic acids is 1. The summed E-state index contributed by atoms with van der Waals surface area (Å²) in [4.78, 5) is 12.4. The summed E-state index contributed by atoms with van der Waals surface area (Å²) in [5.74, 6) is -1.79. The van der Waals surface area contributed by atoms with Gasteiger partial charge >= 0.3 is 0 Å². The van der Waals surface area contributed by atoms with Crippen LogP contribution in [-0.4, -0.2) is 43.9 Å². The first-order valence-electron chi connectivity index (χ1n) is 11.9. The largest absolute Gasteiger partial charge is 0.390 e. The first-order chi connectivity index (χ1) is 16.5. The molecule has 3 rings (SSSR count). The molecule has 0 saturated carbocycles. The molecule has 6 nitrogen and oxygen atoms in total. The number of sulfone groups is 1. The van der Waals surface area contributed by atoms with E-state index in [1.165, 1.54) is 12.1 Å². The fourth-order valence-electron chi connectivity index (χ4n) is 4.44. The molecule has 0 fully saturated rings. The molecule has 0 aromatic heterocycles. The third-order valence-electron chi connectivity index (χ3n) is 6.15. The summed E-state index contributed by atoms with van der Waals surface area (Å²) in [6.45, 7) is 5.79. The summed E-state index contributed by atoms with van der Waals surface area (Å²) < 4.78 is 52.4. The highest BCUT2D eigenvalue weighted by atomic mass is 32.2. The first kappa shape index (κ1) is 27.2. The predicted molar refractivity (Wildman–Crippen MR) is 132 cm³/mol. The Bertz CT molecular complexity index is 1130. The van der Waals surface area contributed by atoms with Crippen LogP contribution in [0.4, 0.5) is 8.78 Å². The minimum atomic E-state index is -3.32. The van der Waals surface area contributed by atoms with Gasteiger partial charge in [0.15, 0.2) is 9.84 Å². The normalized spacial score (nSPS) is 18.7. The number of hydrogen-bond donors (Lipinski definition) is 3. The lowest BCUT2D eigenvalue weighted by Crippen LogP contribution is -2.50. The lowest BCUT2D eigenvalue weighted by molar-refractivity contribution is -0.123. The number of carbonyl (C=O) groups is 1. The summed E-state index contributed by atoms with van der Waals surface area (Å²) >= 11 is 0. The molecule has 9 heteroatoms. The van der Waals surface area contributed by atoms with E-state index in [9.17, 15) is 27.1 Å². The van der Waals surface area contributed by atoms with Gasteiger partial charge in [-0.2, -0.15) is 0 Å². The van der Waals surface area contributed by atoms with E-state index < -0.39 is 39.7 Å². The standard InChI is InChI=1S/C26H34F2N2O4S/c1-4-17-5-6-19-14-35(33,34)15-24(22(19)10-17)29-13-25(31)23(30-26(32)7-16(2)3)11-18-8-20(27)12-21(28)9-18/h5-6,8-10,12,16,23-25,29,31H,4,7,11,13-15H2,1-3H3,(H,30,32). The third-order valence-corrected chi connectivity index (χ3v) is 7.74. The lowest BCUT2D eigenvalue weighted by Gasteiger charge is -2.30. The second-order valence-electron chi connectivity index (χ2n) is 9.72. The molecule has 1 heterocycles. The summed E-state index contributed by atoms with van der Waals surface area (Å²) in [5.41, 5.74) is 3.01. The summed E-state index contributed by atoms with van der Waals surface area (Å²) in [5, 5.41) is 16.9. The van der Waals surface area contributed by atoms with E-state index in [4.69, 9.17) is 0 Å². The van der Waals surface area contributed by atoms with Gasteiger partial charge in [-0.05, 0) is 53.1 Å². The van der Waals surface area contributed by atoms with E-state index in [-0.39, 0.29) is 42.7 Å². The van der Waals surface area contributed by atoms with Gasteiger partial charge in [-0.25, -0.2) is 17.2 Å². The van der Waals surface area contributed by atoms with E-state index in [1.807, 2.05) is 39.0 Å². The smallest absolute Gasteiger partial charge is 0.220 e. The average Bonchev–Trinajstić information content (AvgIpc) is 2.74. The molecule has 0 saturated heterocycles. The highest BCUT2D eigenvalue weighted by Gasteiger charge is 2.31. The molecular formula is C26H34F2N2O4S. The van der Waals surface area contributed by atoms with Gasteiger partial charge in [0.05, 0.1) is 23.7 Å². The van der Waals surface area contributed by atoms with Gasteiger partial charge in [-0.1, -0.05) is 39.0 Å². The molecule has 3 atom stereocenters. The second kappa shape index (κ2) is 11.6. The summed E-state index contributed by atoms with van der Waals surface area (Å²) in [7, 11) is -3.32. The van der Waals surface area contributed by atoms with E-state index in [1.54, 1.807) is 0 Å². The predicted octanol–water partition coefficient (Wildman–Crippen LogP) is 3.22. The molecule has 192 valence electrons. The Kier molecular flexibility index (Phi) is 9.01. The summed E-state index contributed by atoms with van der Waals surface area (Å²) in [6, 6.07) is 7.51. The Morgan fingerprint density at radius 2 is 1.80 bits per heavy atom. The second-order valence-corrected chi connectivity index (χ2v) is 11.8. The summed E-state index contributed by atoms with van der Waals surface area (Å²) in [6.07, 6.45) is -0.0630. The van der Waals surface area contributed by atoms with Crippen molar-refractivity contribution in [1.82, 2.24) is 10.6 Å². The molecule has 0 aliphatic carbocycles. The first-order valence-corrected chi connectivity index (χ1v) is 13.8. The maximum Gasteiger partial charge on any atom is 0.220 e. The number of fused-ring (bicyclic) bond motifs is 1. The van der Waals surface area contributed by atoms with Crippen LogP contribution in [0.5, 0.6) is 0 Å². The highest BCUT2D eigenvalue weighted by molar-refractivity contribution is 7.90. The number of amides is 1. The zero-order valence-corrected chi connectivity index (χ0v) is 21.2. The van der Waals surface area contributed by atoms with Gasteiger partial charge in [0.2, 0.25) is 5.91 Å². The van der Waals surface area contributed by atoms with Gasteiger partial charge in [0, 0.05) is 25.1 Å². The number of aryl methyl sites for hydroxylation is 1. The van der Waals surface area contributed by atoms with Crippen molar-refractivity contribution >= 4 is 15.7 Å². The quantitative estimate of drug-likeness (QED) is 0.458. The number of benzene rings is 2. The van der Waals surface area contributed by atoms with Crippen LogP contribution in [0.15, 0.2) is 36.4 Å². The van der Waals surface area contributed by atoms with Crippen molar-refractivity contribution in [2.45, 2.75) is 64.0 Å². The SMILES string of the molecule is CCc1ccc2c(c1)C(NCC(O)C(Cc1cc(F)cc(F)c1)NC(=O)CC(C)C)CS(=O)(=O)C2. The number of rotatable bonds is 10. The maximum absolute atomic E-state index is 13.7. The van der Waals surface area contributed by atoms with Gasteiger partial charge in [0.1, 0.15) is 11.6 Å². The molecular weight excluding hydrogens is 474 g/mol. The van der Waals surface area contributed by atoms with Gasteiger partial charge in [0.25, 0.3) is 0 Å². The zero-order valence-electron chi connectivity index (χ0n) is 20.4. The molecule has 2 aromatic rings. The van der Waals surface area contributed by atoms with Crippen molar-refractivity contribution in [3.8, 4) is 0 Å². The van der Waals surface area contributed by atoms with Gasteiger partial charge < -0.3 is 15.7 Å². The molecule has 0 radical (unpaired) electrons. The van der Waals surface area contributed by atoms with Crippen LogP contribution in [0, 0.1) is 17.6 Å². The van der Waals surface area contributed by atoms with Gasteiger partial charge in [-0.15, -0.1) is 0 Å². The molecule has 1 amide bonds. The van der Waals surface area contributed by atoms with Crippen LogP contribution >= 0.6 is 0 Å². The average molecular weight is 509 g/mol. The Balaban J connectivity index is 1.78. The van der Waals surface area contributed by atoms with Crippen molar-refractivity contribution in [3.05, 3.63) is 70.3 Å². The third kappa shape index (κ3) is 7.81. The number of aliphatic hydroxyl groups excluding tert-OH is 1. The Morgan fingerprint density at radius 3 is 2.43 bits per heavy atom. The Labute approximate surface area is 206 Å². The number of hydrogen-bond acceptors (Lipinski definition) is 5. The monoisotopic (exact) mass is 508 g/mol. The fourth-order valence-corrected chi connectivity index (χ4v) is 6.10. The van der Waals surface area contributed by atoms with E-state index in [0.29, 0.717) is 5.56 Å². The van der Waals surface area contributed by atoms with Crippen molar-refractivity contribution < 1.29 is 27.1 Å². The molecule has 3 unspecified atom stereocenters. The minimum absolute atomic E-state index is 0.0135. The molecule has 2 aromatic carbocycles. The van der Waals surface area contributed by atoms with E-state index in [0.717, 1.165) is 29.2 Å². The van der Waals surface area contributed by atoms with E-state index in [2.05, 4.69) is 10.6 Å². The number of halogens is 2. The van der Waals surface area contributed by atoms with Crippen LogP contribution in [0.3, 0.4) is 0 Å². The lowest BCUT2D eigenvalue weighted by atomic mass is 9.96. The Morgan fingerprint density at radius 1 is 1.11 bits per heavy atom. The molecule has 1 aliphatic heterocycles. The van der Waals surface area contributed by atoms with Crippen LogP contribution < -0.4 is 10.6 Å². The van der Waals surface area contributed by atoms with Crippen molar-refractivity contribution in [1.29, 1.82) is 0 Å². The van der Waals surface area contributed by atoms with Crippen LogP contribution in [0.25, 0.3) is 0 Å². The molecule has 35 heavy (non-hydrogen) atoms. The topological polar surface area (TPSA) is 95.5 Å².